The number of hydrogen-bond acceptors (Lipinski definition) is 4. The van der Waals surface area contributed by atoms with E-state index in [-0.39, 0.29) is 18.0 Å². The van der Waals surface area contributed by atoms with Crippen molar-refractivity contribution in [3.8, 4) is 0 Å². The van der Waals surface area contributed by atoms with E-state index in [0.29, 0.717) is 11.3 Å². The van der Waals surface area contributed by atoms with Crippen LogP contribution >= 0.6 is 0 Å². The molecule has 0 aliphatic carbocycles. The third kappa shape index (κ3) is 4.33. The summed E-state index contributed by atoms with van der Waals surface area (Å²) in [5, 5.41) is 9.10. The zero-order valence-corrected chi connectivity index (χ0v) is 18.7. The van der Waals surface area contributed by atoms with Crippen molar-refractivity contribution in [2.24, 2.45) is 5.92 Å². The van der Waals surface area contributed by atoms with Crippen molar-refractivity contribution in [1.29, 1.82) is 0 Å². The fourth-order valence-corrected chi connectivity index (χ4v) is 4.63. The first-order chi connectivity index (χ1) is 14.8. The van der Waals surface area contributed by atoms with Crippen LogP contribution in [0.3, 0.4) is 0 Å². The van der Waals surface area contributed by atoms with Gasteiger partial charge in [-0.3, -0.25) is 9.59 Å². The number of fused-ring (bicyclic) bond motifs is 1. The van der Waals surface area contributed by atoms with Gasteiger partial charge < -0.3 is 10.2 Å². The van der Waals surface area contributed by atoms with E-state index in [1.165, 1.54) is 11.1 Å². The average Bonchev–Trinajstić information content (AvgIpc) is 2.73. The highest BCUT2D eigenvalue weighted by molar-refractivity contribution is 5.94. The maximum atomic E-state index is 13.1. The molecule has 1 atom stereocenters. The van der Waals surface area contributed by atoms with E-state index in [2.05, 4.69) is 22.2 Å². The van der Waals surface area contributed by atoms with Gasteiger partial charge in [0.2, 0.25) is 5.91 Å². The molecule has 1 fully saturated rings. The summed E-state index contributed by atoms with van der Waals surface area (Å²) in [6.07, 6.45) is 2.30. The number of piperidine rings is 1. The molecular formula is C25H30N4O2. The predicted molar refractivity (Wildman–Crippen MR) is 126 cm³/mol. The number of nitrogens with zero attached hydrogens (tertiary/aromatic N) is 3. The summed E-state index contributed by atoms with van der Waals surface area (Å²) in [6, 6.07) is 11.6. The Bertz CT molecular complexity index is 1170. The Hall–Kier alpha value is -3.15. The van der Waals surface area contributed by atoms with Crippen LogP contribution in [0.5, 0.6) is 0 Å². The van der Waals surface area contributed by atoms with Crippen LogP contribution in [0, 0.1) is 26.7 Å². The van der Waals surface area contributed by atoms with Gasteiger partial charge in [-0.25, -0.2) is 4.68 Å². The second-order valence-electron chi connectivity index (χ2n) is 8.85. The van der Waals surface area contributed by atoms with Gasteiger partial charge in [0, 0.05) is 24.2 Å². The van der Waals surface area contributed by atoms with Gasteiger partial charge in [0.05, 0.1) is 5.39 Å². The van der Waals surface area contributed by atoms with E-state index >= 15 is 0 Å². The van der Waals surface area contributed by atoms with Crippen LogP contribution in [-0.4, -0.2) is 28.8 Å². The van der Waals surface area contributed by atoms with Gasteiger partial charge >= 0.3 is 0 Å². The van der Waals surface area contributed by atoms with Crippen molar-refractivity contribution in [1.82, 2.24) is 9.78 Å². The highest BCUT2D eigenvalue weighted by atomic mass is 16.2. The summed E-state index contributed by atoms with van der Waals surface area (Å²) >= 11 is 0. The lowest BCUT2D eigenvalue weighted by Crippen LogP contribution is -2.38. The SMILES string of the molecule is Cc1cc(C)c(NC(=O)Cn2nc(N3CCC[C@@H](C)C3)c3ccccc3c2=O)c(C)c1. The molecule has 1 saturated heterocycles. The van der Waals surface area contributed by atoms with Gasteiger partial charge in [-0.05, 0) is 56.7 Å². The molecule has 2 heterocycles. The number of carbonyl (C=O) groups is 1. The van der Waals surface area contributed by atoms with Crippen molar-refractivity contribution in [2.45, 2.75) is 47.1 Å². The maximum Gasteiger partial charge on any atom is 0.275 e. The maximum absolute atomic E-state index is 13.1. The first-order valence-electron chi connectivity index (χ1n) is 11.0. The minimum atomic E-state index is -0.252. The summed E-state index contributed by atoms with van der Waals surface area (Å²) in [4.78, 5) is 28.2. The minimum absolute atomic E-state index is 0.118. The lowest BCUT2D eigenvalue weighted by Gasteiger charge is -2.32. The zero-order chi connectivity index (χ0) is 22.1. The van der Waals surface area contributed by atoms with Gasteiger partial charge in [-0.2, -0.15) is 5.10 Å². The molecule has 0 radical (unpaired) electrons. The smallest absolute Gasteiger partial charge is 0.275 e. The second kappa shape index (κ2) is 8.53. The Morgan fingerprint density at radius 3 is 2.48 bits per heavy atom. The highest BCUT2D eigenvalue weighted by Gasteiger charge is 2.22. The van der Waals surface area contributed by atoms with E-state index in [1.54, 1.807) is 0 Å². The Kier molecular flexibility index (Phi) is 5.81. The molecule has 162 valence electrons. The van der Waals surface area contributed by atoms with Gasteiger partial charge in [-0.15, -0.1) is 0 Å². The third-order valence-electron chi connectivity index (χ3n) is 6.04. The van der Waals surface area contributed by atoms with Crippen molar-refractivity contribution < 1.29 is 4.79 Å². The molecule has 1 aliphatic heterocycles. The van der Waals surface area contributed by atoms with Crippen molar-refractivity contribution in [3.63, 3.8) is 0 Å². The van der Waals surface area contributed by atoms with Crippen molar-refractivity contribution in [2.75, 3.05) is 23.3 Å². The number of amides is 1. The number of benzene rings is 2. The number of aromatic nitrogens is 2. The molecule has 1 amide bonds. The van der Waals surface area contributed by atoms with E-state index in [4.69, 9.17) is 0 Å². The molecule has 6 nitrogen and oxygen atoms in total. The Balaban J connectivity index is 1.68. The summed E-state index contributed by atoms with van der Waals surface area (Å²) in [5.74, 6) is 1.11. The molecule has 1 N–H and O–H groups in total. The lowest BCUT2D eigenvalue weighted by atomic mass is 10.00. The number of hydrogen-bond donors (Lipinski definition) is 1. The quantitative estimate of drug-likeness (QED) is 0.690. The minimum Gasteiger partial charge on any atom is -0.354 e. The summed E-state index contributed by atoms with van der Waals surface area (Å²) < 4.78 is 1.31. The fourth-order valence-electron chi connectivity index (χ4n) is 4.63. The van der Waals surface area contributed by atoms with E-state index in [1.807, 2.05) is 57.2 Å². The van der Waals surface area contributed by atoms with E-state index in [0.717, 1.165) is 53.1 Å². The van der Waals surface area contributed by atoms with Crippen LogP contribution in [0.2, 0.25) is 0 Å². The second-order valence-corrected chi connectivity index (χ2v) is 8.85. The fraction of sp³-hybridized carbons (Fsp3) is 0.400. The Labute approximate surface area is 182 Å². The van der Waals surface area contributed by atoms with Crippen LogP contribution in [0.25, 0.3) is 10.8 Å². The van der Waals surface area contributed by atoms with Gasteiger partial charge in [0.15, 0.2) is 5.82 Å². The normalized spacial score (nSPS) is 16.5. The standard InChI is InChI=1S/C25H30N4O2/c1-16-8-7-11-28(14-16)24-20-9-5-6-10-21(20)25(31)29(27-24)15-22(30)26-23-18(3)12-17(2)13-19(23)4/h5-6,9-10,12-13,16H,7-8,11,14-15H2,1-4H3,(H,26,30)/t16-/m1/s1. The molecule has 1 aliphatic rings. The Morgan fingerprint density at radius 2 is 1.81 bits per heavy atom. The summed E-state index contributed by atoms with van der Waals surface area (Å²) in [7, 11) is 0. The predicted octanol–water partition coefficient (Wildman–Crippen LogP) is 4.20. The number of rotatable bonds is 4. The van der Waals surface area contributed by atoms with Crippen molar-refractivity contribution in [3.05, 3.63) is 63.4 Å². The summed E-state index contributed by atoms with van der Waals surface area (Å²) in [6.45, 7) is 9.93. The van der Waals surface area contributed by atoms with Crippen LogP contribution in [0.4, 0.5) is 11.5 Å². The molecule has 1 aromatic heterocycles. The molecule has 0 saturated carbocycles. The van der Waals surface area contributed by atoms with E-state index < -0.39 is 0 Å². The zero-order valence-electron chi connectivity index (χ0n) is 18.7. The van der Waals surface area contributed by atoms with Gasteiger partial charge in [0.1, 0.15) is 6.54 Å². The van der Waals surface area contributed by atoms with Gasteiger partial charge in [0.25, 0.3) is 5.56 Å². The first kappa shape index (κ1) is 21.1. The largest absolute Gasteiger partial charge is 0.354 e. The van der Waals surface area contributed by atoms with Crippen LogP contribution < -0.4 is 15.8 Å². The molecule has 0 spiro atoms. The van der Waals surface area contributed by atoms with E-state index in [9.17, 15) is 9.59 Å². The summed E-state index contributed by atoms with van der Waals surface area (Å²) in [5.41, 5.74) is 3.73. The monoisotopic (exact) mass is 418 g/mol. The molecule has 31 heavy (non-hydrogen) atoms. The number of nitrogens with one attached hydrogen (secondary N) is 1. The molecule has 6 heteroatoms. The molecule has 2 aromatic carbocycles. The molecule has 4 rings (SSSR count). The lowest BCUT2D eigenvalue weighted by molar-refractivity contribution is -0.117. The molecular weight excluding hydrogens is 388 g/mol. The van der Waals surface area contributed by atoms with Crippen LogP contribution in [-0.2, 0) is 11.3 Å². The highest BCUT2D eigenvalue weighted by Crippen LogP contribution is 2.27. The molecule has 3 aromatic rings. The topological polar surface area (TPSA) is 67.2 Å². The van der Waals surface area contributed by atoms with Crippen molar-refractivity contribution >= 4 is 28.2 Å². The third-order valence-corrected chi connectivity index (χ3v) is 6.04. The molecule has 0 bridgehead atoms. The van der Waals surface area contributed by atoms with Crippen LogP contribution in [0.1, 0.15) is 36.5 Å². The first-order valence-corrected chi connectivity index (χ1v) is 11.0. The van der Waals surface area contributed by atoms with Gasteiger partial charge in [-0.1, -0.05) is 42.8 Å². The molecule has 0 unspecified atom stereocenters. The Morgan fingerprint density at radius 1 is 1.13 bits per heavy atom. The number of carbonyl (C=O) groups excluding carboxylic acids is 1. The number of anilines is 2. The number of aryl methyl sites for hydroxylation is 3. The average molecular weight is 419 g/mol. The van der Waals surface area contributed by atoms with Crippen LogP contribution in [0.15, 0.2) is 41.2 Å².